The third kappa shape index (κ3) is 3.58. The van der Waals surface area contributed by atoms with Crippen molar-refractivity contribution in [2.24, 2.45) is 5.92 Å². The van der Waals surface area contributed by atoms with E-state index in [1.807, 2.05) is 17.0 Å². The lowest BCUT2D eigenvalue weighted by Gasteiger charge is -2.35. The molecule has 7 nitrogen and oxygen atoms in total. The maximum absolute atomic E-state index is 13.3. The zero-order chi connectivity index (χ0) is 25.9. The molecule has 4 atom stereocenters. The van der Waals surface area contributed by atoms with Crippen LogP contribution in [0.2, 0.25) is 0 Å². The van der Waals surface area contributed by atoms with Gasteiger partial charge in [0.15, 0.2) is 0 Å². The molecule has 3 aliphatic heterocycles. The number of methoxy groups -OCH3 is 1. The molecule has 38 heavy (non-hydrogen) atoms. The lowest BCUT2D eigenvalue weighted by atomic mass is 9.71. The first-order valence-electron chi connectivity index (χ1n) is 14.3. The maximum Gasteiger partial charge on any atom is 0.337 e. The molecule has 4 unspecified atom stereocenters. The molecule has 7 rings (SSSR count). The van der Waals surface area contributed by atoms with Crippen molar-refractivity contribution >= 4 is 17.7 Å². The average Bonchev–Trinajstić information content (AvgIpc) is 3.56. The van der Waals surface area contributed by atoms with E-state index in [0.29, 0.717) is 49.7 Å². The molecule has 0 aromatic heterocycles. The van der Waals surface area contributed by atoms with Gasteiger partial charge in [-0.15, -0.1) is 0 Å². The van der Waals surface area contributed by atoms with Crippen LogP contribution in [-0.2, 0) is 21.3 Å². The topological polar surface area (TPSA) is 71.1 Å². The van der Waals surface area contributed by atoms with E-state index in [2.05, 4.69) is 40.5 Å². The molecule has 2 aliphatic carbocycles. The number of hydrogen-bond donors (Lipinski definition) is 1. The number of fused-ring (bicyclic) bond motifs is 6. The summed E-state index contributed by atoms with van der Waals surface area (Å²) in [7, 11) is 1.44. The van der Waals surface area contributed by atoms with Gasteiger partial charge in [0.1, 0.15) is 0 Å². The Morgan fingerprint density at radius 3 is 2.63 bits per heavy atom. The number of anilines is 1. The molecule has 200 valence electrons. The second-order valence-electron chi connectivity index (χ2n) is 11.7. The molecule has 1 N–H and O–H groups in total. The Labute approximate surface area is 224 Å². The van der Waals surface area contributed by atoms with Crippen molar-refractivity contribution in [3.8, 4) is 0 Å². The normalized spacial score (nSPS) is 29.9. The third-order valence-electron chi connectivity index (χ3n) is 9.92. The predicted molar refractivity (Wildman–Crippen MR) is 145 cm³/mol. The van der Waals surface area contributed by atoms with Gasteiger partial charge in [-0.25, -0.2) is 9.59 Å². The fraction of sp³-hybridized carbons (Fsp3) is 0.548. The number of benzene rings is 2. The smallest absolute Gasteiger partial charge is 0.337 e. The predicted octanol–water partition coefficient (Wildman–Crippen LogP) is 4.24. The van der Waals surface area contributed by atoms with Gasteiger partial charge in [0, 0.05) is 42.7 Å². The minimum Gasteiger partial charge on any atom is -0.465 e. The van der Waals surface area contributed by atoms with E-state index >= 15 is 0 Å². The number of nitrogens with zero attached hydrogens (tertiary/aromatic N) is 2. The number of amides is 2. The van der Waals surface area contributed by atoms with Gasteiger partial charge in [0.25, 0.3) is 0 Å². The van der Waals surface area contributed by atoms with Crippen molar-refractivity contribution in [3.63, 3.8) is 0 Å². The quantitative estimate of drug-likeness (QED) is 0.619. The Hall–Kier alpha value is -3.06. The fourth-order valence-electron chi connectivity index (χ4n) is 8.34. The minimum atomic E-state index is -0.300. The molecule has 0 bridgehead atoms. The van der Waals surface area contributed by atoms with Gasteiger partial charge in [-0.05, 0) is 54.0 Å². The van der Waals surface area contributed by atoms with E-state index in [-0.39, 0.29) is 23.5 Å². The van der Waals surface area contributed by atoms with Crippen molar-refractivity contribution in [1.82, 2.24) is 10.2 Å². The standard InChI is InChI=1S/C31H37N3O4/c1-37-29(35)21-11-12-25-26(18-21)34-19-23(32-30(36)33-13-15-38-16-14-33)17-20-7-5-6-10-24(20)27-28(34)31(25,27)22-8-3-2-4-9-22/h5-7,10-12,18,22-23,27-28H,2-4,8-9,13-17,19H2,1H3,(H,32,36). The van der Waals surface area contributed by atoms with Crippen LogP contribution in [0.4, 0.5) is 10.5 Å². The largest absolute Gasteiger partial charge is 0.465 e. The first kappa shape index (κ1) is 24.0. The van der Waals surface area contributed by atoms with E-state index in [4.69, 9.17) is 9.47 Å². The molecule has 0 radical (unpaired) electrons. The van der Waals surface area contributed by atoms with Crippen molar-refractivity contribution in [2.75, 3.05) is 44.9 Å². The summed E-state index contributed by atoms with van der Waals surface area (Å²) in [5.41, 5.74) is 6.03. The highest BCUT2D eigenvalue weighted by molar-refractivity contribution is 5.92. The molecule has 2 amide bonds. The van der Waals surface area contributed by atoms with Gasteiger partial charge >= 0.3 is 12.0 Å². The maximum atomic E-state index is 13.3. The number of hydrogen-bond acceptors (Lipinski definition) is 5. The number of urea groups is 1. The van der Waals surface area contributed by atoms with Crippen molar-refractivity contribution < 1.29 is 19.1 Å². The van der Waals surface area contributed by atoms with Gasteiger partial charge < -0.3 is 24.6 Å². The van der Waals surface area contributed by atoms with Crippen LogP contribution in [0.3, 0.4) is 0 Å². The zero-order valence-corrected chi connectivity index (χ0v) is 22.2. The van der Waals surface area contributed by atoms with E-state index < -0.39 is 0 Å². The molecule has 1 saturated heterocycles. The van der Waals surface area contributed by atoms with Gasteiger partial charge in [-0.2, -0.15) is 0 Å². The molecule has 2 aromatic rings. The molecule has 0 spiro atoms. The summed E-state index contributed by atoms with van der Waals surface area (Å²) < 4.78 is 10.5. The first-order chi connectivity index (χ1) is 18.6. The Kier molecular flexibility index (Phi) is 5.87. The Morgan fingerprint density at radius 1 is 1.05 bits per heavy atom. The molecule has 7 heteroatoms. The Bertz CT molecular complexity index is 1250. The third-order valence-corrected chi connectivity index (χ3v) is 9.92. The van der Waals surface area contributed by atoms with E-state index in [9.17, 15) is 9.59 Å². The summed E-state index contributed by atoms with van der Waals surface area (Å²) in [6, 6.07) is 15.4. The zero-order valence-electron chi connectivity index (χ0n) is 22.2. The summed E-state index contributed by atoms with van der Waals surface area (Å²) in [6.45, 7) is 3.16. The lowest BCUT2D eigenvalue weighted by Crippen LogP contribution is -2.53. The van der Waals surface area contributed by atoms with E-state index in [1.165, 1.54) is 55.9 Å². The summed E-state index contributed by atoms with van der Waals surface area (Å²) >= 11 is 0. The highest BCUT2D eigenvalue weighted by atomic mass is 16.5. The van der Waals surface area contributed by atoms with Gasteiger partial charge in [0.05, 0.1) is 31.9 Å². The number of carbonyl (C=O) groups is 2. The molecular weight excluding hydrogens is 478 g/mol. The summed E-state index contributed by atoms with van der Waals surface area (Å²) in [5, 5.41) is 3.39. The Balaban J connectivity index is 1.31. The van der Waals surface area contributed by atoms with Crippen LogP contribution in [0, 0.1) is 5.92 Å². The van der Waals surface area contributed by atoms with Crippen LogP contribution < -0.4 is 10.2 Å². The molecule has 3 fully saturated rings. The van der Waals surface area contributed by atoms with Gasteiger partial charge in [0.2, 0.25) is 0 Å². The van der Waals surface area contributed by atoms with Crippen molar-refractivity contribution in [1.29, 1.82) is 0 Å². The number of nitrogens with one attached hydrogen (secondary N) is 1. The number of rotatable bonds is 3. The summed E-state index contributed by atoms with van der Waals surface area (Å²) in [4.78, 5) is 30.2. The van der Waals surface area contributed by atoms with Crippen molar-refractivity contribution in [3.05, 3.63) is 64.7 Å². The molecule has 2 aromatic carbocycles. The number of carbonyl (C=O) groups excluding carboxylic acids is 2. The number of esters is 1. The van der Waals surface area contributed by atoms with Gasteiger partial charge in [-0.3, -0.25) is 0 Å². The Morgan fingerprint density at radius 2 is 1.84 bits per heavy atom. The monoisotopic (exact) mass is 515 g/mol. The van der Waals surface area contributed by atoms with E-state index in [0.717, 1.165) is 18.7 Å². The van der Waals surface area contributed by atoms with Crippen LogP contribution in [-0.4, -0.2) is 68.9 Å². The first-order valence-corrected chi connectivity index (χ1v) is 14.3. The minimum absolute atomic E-state index is 0.00928. The van der Waals surface area contributed by atoms with Crippen LogP contribution >= 0.6 is 0 Å². The molecule has 5 aliphatic rings. The molecule has 2 saturated carbocycles. The van der Waals surface area contributed by atoms with Gasteiger partial charge in [-0.1, -0.05) is 49.6 Å². The van der Waals surface area contributed by atoms with Crippen molar-refractivity contribution in [2.45, 2.75) is 61.9 Å². The van der Waals surface area contributed by atoms with Crippen LogP contribution in [0.15, 0.2) is 42.5 Å². The lowest BCUT2D eigenvalue weighted by molar-refractivity contribution is 0.0525. The average molecular weight is 516 g/mol. The summed E-state index contributed by atoms with van der Waals surface area (Å²) in [5.74, 6) is 0.784. The number of ether oxygens (including phenoxy) is 2. The molecule has 3 heterocycles. The highest BCUT2D eigenvalue weighted by Gasteiger charge is 2.75. The van der Waals surface area contributed by atoms with E-state index in [1.54, 1.807) is 0 Å². The second kappa shape index (κ2) is 9.30. The summed E-state index contributed by atoms with van der Waals surface area (Å²) in [6.07, 6.45) is 7.24. The SMILES string of the molecule is COC(=O)c1ccc2c(c1)N1CC(NC(=O)N3CCOCC3)Cc3ccccc3C3C1C23C1CCCCC1. The second-order valence-corrected chi connectivity index (χ2v) is 11.7. The molecular formula is C31H37N3O4. The highest BCUT2D eigenvalue weighted by Crippen LogP contribution is 2.75. The van der Waals surface area contributed by atoms with Crippen LogP contribution in [0.25, 0.3) is 0 Å². The fourth-order valence-corrected chi connectivity index (χ4v) is 8.34. The van der Waals surface area contributed by atoms with Crippen LogP contribution in [0.5, 0.6) is 0 Å². The van der Waals surface area contributed by atoms with Crippen LogP contribution in [0.1, 0.15) is 65.1 Å². The number of morpholine rings is 1.